The first-order valence-electron chi connectivity index (χ1n) is 5.85. The normalized spacial score (nSPS) is 18.1. The lowest BCUT2D eigenvalue weighted by Gasteiger charge is -2.21. The smallest absolute Gasteiger partial charge is 0.326 e. The number of rotatable bonds is 2. The summed E-state index contributed by atoms with van der Waals surface area (Å²) in [7, 11) is 0. The van der Waals surface area contributed by atoms with E-state index < -0.39 is 41.2 Å². The van der Waals surface area contributed by atoms with E-state index in [1.807, 2.05) is 5.32 Å². The fourth-order valence-corrected chi connectivity index (χ4v) is 2.07. The third-order valence-electron chi connectivity index (χ3n) is 3.05. The van der Waals surface area contributed by atoms with Gasteiger partial charge in [-0.3, -0.25) is 0 Å². The number of urea groups is 1. The molecule has 0 aromatic heterocycles. The topological polar surface area (TPSA) is 69.6 Å². The summed E-state index contributed by atoms with van der Waals surface area (Å²) >= 11 is 0. The summed E-state index contributed by atoms with van der Waals surface area (Å²) in [5.74, 6) is -4.98. The molecule has 8 heteroatoms. The van der Waals surface area contributed by atoms with Crippen molar-refractivity contribution in [2.45, 2.75) is 18.9 Å². The minimum Gasteiger partial charge on any atom is -0.480 e. The number of likely N-dealkylation sites (tertiary alicyclic amines) is 1. The van der Waals surface area contributed by atoms with Crippen LogP contribution in [0, 0.1) is 17.5 Å². The Morgan fingerprint density at radius 2 is 1.85 bits per heavy atom. The molecule has 1 atom stereocenters. The van der Waals surface area contributed by atoms with Gasteiger partial charge < -0.3 is 15.3 Å². The number of nitrogens with one attached hydrogen (secondary N) is 1. The highest BCUT2D eigenvalue weighted by molar-refractivity contribution is 5.92. The molecule has 0 aliphatic carbocycles. The van der Waals surface area contributed by atoms with Gasteiger partial charge in [0, 0.05) is 18.7 Å². The molecule has 0 radical (unpaired) electrons. The summed E-state index contributed by atoms with van der Waals surface area (Å²) in [6, 6.07) is -1.04. The Morgan fingerprint density at radius 3 is 2.50 bits per heavy atom. The number of carbonyl (C=O) groups is 2. The summed E-state index contributed by atoms with van der Waals surface area (Å²) in [4.78, 5) is 23.8. The van der Waals surface area contributed by atoms with Crippen molar-refractivity contribution in [3.8, 4) is 0 Å². The molecule has 2 amide bonds. The van der Waals surface area contributed by atoms with Gasteiger partial charge in [0.2, 0.25) is 0 Å². The van der Waals surface area contributed by atoms with Crippen LogP contribution in [0.4, 0.5) is 23.7 Å². The average Bonchev–Trinajstić information content (AvgIpc) is 2.85. The summed E-state index contributed by atoms with van der Waals surface area (Å²) in [5.41, 5.74) is -0.537. The number of nitrogens with zero attached hydrogens (tertiary/aromatic N) is 1. The molecule has 1 aromatic carbocycles. The standard InChI is InChI=1S/C12H11F3N2O3/c13-6-4-8(15)9(5-7(6)14)16-12(20)17-3-1-2-10(17)11(18)19/h4-5,10H,1-3H2,(H,16,20)(H,18,19). The number of benzene rings is 1. The zero-order valence-corrected chi connectivity index (χ0v) is 10.2. The van der Waals surface area contributed by atoms with Crippen LogP contribution < -0.4 is 5.32 Å². The van der Waals surface area contributed by atoms with Crippen molar-refractivity contribution < 1.29 is 27.9 Å². The number of amides is 2. The van der Waals surface area contributed by atoms with E-state index in [0.29, 0.717) is 25.0 Å². The zero-order valence-electron chi connectivity index (χ0n) is 10.2. The first kappa shape index (κ1) is 14.2. The summed E-state index contributed by atoms with van der Waals surface area (Å²) in [5, 5.41) is 11.0. The van der Waals surface area contributed by atoms with Gasteiger partial charge in [-0.05, 0) is 12.8 Å². The average molecular weight is 288 g/mol. The fourth-order valence-electron chi connectivity index (χ4n) is 2.07. The van der Waals surface area contributed by atoms with Crippen molar-refractivity contribution in [2.75, 3.05) is 11.9 Å². The molecule has 108 valence electrons. The van der Waals surface area contributed by atoms with Gasteiger partial charge >= 0.3 is 12.0 Å². The van der Waals surface area contributed by atoms with E-state index in [9.17, 15) is 22.8 Å². The highest BCUT2D eigenvalue weighted by Crippen LogP contribution is 2.22. The minimum atomic E-state index is -1.37. The molecule has 0 spiro atoms. The number of carboxylic acid groups (broad SMARTS) is 1. The van der Waals surface area contributed by atoms with Crippen LogP contribution in [0.3, 0.4) is 0 Å². The monoisotopic (exact) mass is 288 g/mol. The Morgan fingerprint density at radius 1 is 1.20 bits per heavy atom. The van der Waals surface area contributed by atoms with Crippen LogP contribution >= 0.6 is 0 Å². The van der Waals surface area contributed by atoms with Gasteiger partial charge in [-0.2, -0.15) is 0 Å². The second-order valence-electron chi connectivity index (χ2n) is 4.37. The van der Waals surface area contributed by atoms with Crippen molar-refractivity contribution in [1.82, 2.24) is 4.90 Å². The van der Waals surface area contributed by atoms with E-state index in [-0.39, 0.29) is 6.54 Å². The summed E-state index contributed by atoms with van der Waals surface area (Å²) in [6.07, 6.45) is 0.799. The Balaban J connectivity index is 2.16. The van der Waals surface area contributed by atoms with Gasteiger partial charge in [-0.15, -0.1) is 0 Å². The maximum Gasteiger partial charge on any atom is 0.326 e. The molecule has 2 N–H and O–H groups in total. The lowest BCUT2D eigenvalue weighted by molar-refractivity contribution is -0.141. The highest BCUT2D eigenvalue weighted by atomic mass is 19.2. The van der Waals surface area contributed by atoms with Gasteiger partial charge in [-0.25, -0.2) is 22.8 Å². The van der Waals surface area contributed by atoms with Gasteiger partial charge in [0.05, 0.1) is 5.69 Å². The van der Waals surface area contributed by atoms with Gasteiger partial charge in [-0.1, -0.05) is 0 Å². The number of halogens is 3. The molecule has 2 rings (SSSR count). The lowest BCUT2D eigenvalue weighted by atomic mass is 10.2. The lowest BCUT2D eigenvalue weighted by Crippen LogP contribution is -2.42. The molecule has 0 bridgehead atoms. The molecule has 1 fully saturated rings. The highest BCUT2D eigenvalue weighted by Gasteiger charge is 2.34. The first-order chi connectivity index (χ1) is 9.40. The maximum absolute atomic E-state index is 13.4. The number of aliphatic carboxylic acids is 1. The van der Waals surface area contributed by atoms with Crippen LogP contribution in [0.5, 0.6) is 0 Å². The van der Waals surface area contributed by atoms with Crippen molar-refractivity contribution >= 4 is 17.7 Å². The Labute approximate surface area is 112 Å². The number of carbonyl (C=O) groups excluding carboxylic acids is 1. The quantitative estimate of drug-likeness (QED) is 0.819. The molecular weight excluding hydrogens is 277 g/mol. The SMILES string of the molecule is O=C(O)C1CCCN1C(=O)Nc1cc(F)c(F)cc1F. The second-order valence-corrected chi connectivity index (χ2v) is 4.37. The largest absolute Gasteiger partial charge is 0.480 e. The first-order valence-corrected chi connectivity index (χ1v) is 5.85. The second kappa shape index (κ2) is 5.40. The van der Waals surface area contributed by atoms with Crippen LogP contribution in [0.15, 0.2) is 12.1 Å². The van der Waals surface area contributed by atoms with E-state index in [1.165, 1.54) is 0 Å². The molecule has 1 aromatic rings. The number of carboxylic acids is 1. The molecule has 20 heavy (non-hydrogen) atoms. The predicted octanol–water partition coefficient (Wildman–Crippen LogP) is 2.18. The van der Waals surface area contributed by atoms with Crippen LogP contribution in [-0.2, 0) is 4.79 Å². The predicted molar refractivity (Wildman–Crippen MR) is 62.7 cm³/mol. The van der Waals surface area contributed by atoms with Crippen molar-refractivity contribution in [1.29, 1.82) is 0 Å². The van der Waals surface area contributed by atoms with Crippen LogP contribution in [-0.4, -0.2) is 34.6 Å². The van der Waals surface area contributed by atoms with Gasteiger partial charge in [0.25, 0.3) is 0 Å². The van der Waals surface area contributed by atoms with Crippen LogP contribution in [0.2, 0.25) is 0 Å². The molecular formula is C12H11F3N2O3. The molecule has 1 unspecified atom stereocenters. The van der Waals surface area contributed by atoms with Gasteiger partial charge in [0.15, 0.2) is 11.6 Å². The van der Waals surface area contributed by atoms with Gasteiger partial charge in [0.1, 0.15) is 11.9 Å². The van der Waals surface area contributed by atoms with E-state index >= 15 is 0 Å². The minimum absolute atomic E-state index is 0.202. The van der Waals surface area contributed by atoms with E-state index in [4.69, 9.17) is 5.11 Å². The Kier molecular flexibility index (Phi) is 3.82. The van der Waals surface area contributed by atoms with Crippen molar-refractivity contribution in [2.24, 2.45) is 0 Å². The van der Waals surface area contributed by atoms with Crippen LogP contribution in [0.1, 0.15) is 12.8 Å². The summed E-state index contributed by atoms with van der Waals surface area (Å²) < 4.78 is 39.1. The molecule has 1 saturated heterocycles. The van der Waals surface area contributed by atoms with E-state index in [0.717, 1.165) is 4.90 Å². The van der Waals surface area contributed by atoms with Crippen LogP contribution in [0.25, 0.3) is 0 Å². The Bertz CT molecular complexity index is 565. The maximum atomic E-state index is 13.4. The third kappa shape index (κ3) is 2.68. The van der Waals surface area contributed by atoms with E-state index in [2.05, 4.69) is 0 Å². The third-order valence-corrected chi connectivity index (χ3v) is 3.05. The van der Waals surface area contributed by atoms with Crippen molar-refractivity contribution in [3.63, 3.8) is 0 Å². The zero-order chi connectivity index (χ0) is 14.9. The molecule has 5 nitrogen and oxygen atoms in total. The molecule has 1 aliphatic heterocycles. The van der Waals surface area contributed by atoms with Crippen molar-refractivity contribution in [3.05, 3.63) is 29.6 Å². The Hall–Kier alpha value is -2.25. The fraction of sp³-hybridized carbons (Fsp3) is 0.333. The van der Waals surface area contributed by atoms with E-state index in [1.54, 1.807) is 0 Å². The molecule has 1 heterocycles. The number of hydrogen-bond acceptors (Lipinski definition) is 2. The number of anilines is 1. The molecule has 1 aliphatic rings. The summed E-state index contributed by atoms with van der Waals surface area (Å²) in [6.45, 7) is 0.202. The number of hydrogen-bond donors (Lipinski definition) is 2. The molecule has 0 saturated carbocycles.